The minimum Gasteiger partial charge on any atom is -0.497 e. The van der Waals surface area contributed by atoms with Gasteiger partial charge in [-0.05, 0) is 54.1 Å². The van der Waals surface area contributed by atoms with Crippen LogP contribution in [-0.2, 0) is 16.6 Å². The maximum atomic E-state index is 12.4. The summed E-state index contributed by atoms with van der Waals surface area (Å²) < 4.78 is 38.1. The van der Waals surface area contributed by atoms with Crippen molar-refractivity contribution in [3.63, 3.8) is 0 Å². The number of ether oxygens (including phenoxy) is 2. The highest BCUT2D eigenvalue weighted by atomic mass is 32.2. The van der Waals surface area contributed by atoms with Gasteiger partial charge in [0.1, 0.15) is 18.1 Å². The smallest absolute Gasteiger partial charge is 0.261 e. The highest BCUT2D eigenvalue weighted by Crippen LogP contribution is 2.21. The molecule has 134 valence electrons. The van der Waals surface area contributed by atoms with Gasteiger partial charge in [-0.3, -0.25) is 4.72 Å². The Kier molecular flexibility index (Phi) is 5.43. The molecular formula is C20H19NO4S. The quantitative estimate of drug-likeness (QED) is 0.682. The molecule has 0 saturated heterocycles. The third-order valence-corrected chi connectivity index (χ3v) is 5.12. The molecule has 0 aromatic heterocycles. The van der Waals surface area contributed by atoms with Gasteiger partial charge in [0.2, 0.25) is 0 Å². The molecule has 26 heavy (non-hydrogen) atoms. The van der Waals surface area contributed by atoms with Crippen molar-refractivity contribution < 1.29 is 17.9 Å². The van der Waals surface area contributed by atoms with E-state index in [1.807, 2.05) is 30.3 Å². The second kappa shape index (κ2) is 7.93. The number of rotatable bonds is 7. The van der Waals surface area contributed by atoms with Crippen LogP contribution in [0.4, 0.5) is 5.69 Å². The minimum absolute atomic E-state index is 0.169. The Morgan fingerprint density at radius 3 is 2.04 bits per heavy atom. The van der Waals surface area contributed by atoms with Gasteiger partial charge in [0.15, 0.2) is 0 Å². The van der Waals surface area contributed by atoms with Crippen LogP contribution in [0, 0.1) is 0 Å². The second-order valence-electron chi connectivity index (χ2n) is 5.58. The predicted molar refractivity (Wildman–Crippen MR) is 101 cm³/mol. The topological polar surface area (TPSA) is 64.6 Å². The van der Waals surface area contributed by atoms with Crippen LogP contribution in [0.1, 0.15) is 5.56 Å². The summed E-state index contributed by atoms with van der Waals surface area (Å²) in [6.07, 6.45) is 0. The Balaban J connectivity index is 1.64. The van der Waals surface area contributed by atoms with E-state index in [1.165, 1.54) is 19.2 Å². The monoisotopic (exact) mass is 369 g/mol. The van der Waals surface area contributed by atoms with Crippen molar-refractivity contribution in [1.82, 2.24) is 0 Å². The number of nitrogens with one attached hydrogen (secondary N) is 1. The van der Waals surface area contributed by atoms with Gasteiger partial charge in [-0.15, -0.1) is 0 Å². The fourth-order valence-corrected chi connectivity index (χ4v) is 3.39. The highest BCUT2D eigenvalue weighted by molar-refractivity contribution is 7.92. The van der Waals surface area contributed by atoms with E-state index >= 15 is 0 Å². The third-order valence-electron chi connectivity index (χ3n) is 3.72. The van der Waals surface area contributed by atoms with Crippen molar-refractivity contribution in [3.8, 4) is 11.5 Å². The van der Waals surface area contributed by atoms with E-state index in [-0.39, 0.29) is 4.90 Å². The van der Waals surface area contributed by atoms with Crippen LogP contribution >= 0.6 is 0 Å². The van der Waals surface area contributed by atoms with Gasteiger partial charge >= 0.3 is 0 Å². The molecule has 0 heterocycles. The molecule has 3 rings (SSSR count). The average Bonchev–Trinajstić information content (AvgIpc) is 2.68. The van der Waals surface area contributed by atoms with Crippen LogP contribution in [0.2, 0.25) is 0 Å². The predicted octanol–water partition coefficient (Wildman–Crippen LogP) is 4.08. The van der Waals surface area contributed by atoms with E-state index in [9.17, 15) is 8.42 Å². The number of methoxy groups -OCH3 is 1. The van der Waals surface area contributed by atoms with Crippen LogP contribution in [0.5, 0.6) is 11.5 Å². The molecule has 0 unspecified atom stereocenters. The van der Waals surface area contributed by atoms with E-state index in [4.69, 9.17) is 9.47 Å². The van der Waals surface area contributed by atoms with E-state index in [0.29, 0.717) is 23.8 Å². The summed E-state index contributed by atoms with van der Waals surface area (Å²) in [4.78, 5) is 0.169. The first-order valence-corrected chi connectivity index (χ1v) is 9.49. The summed E-state index contributed by atoms with van der Waals surface area (Å²) in [7, 11) is -2.12. The normalized spacial score (nSPS) is 11.0. The molecule has 0 fully saturated rings. The first-order chi connectivity index (χ1) is 12.6. The zero-order valence-electron chi connectivity index (χ0n) is 14.3. The van der Waals surface area contributed by atoms with Crippen molar-refractivity contribution in [2.45, 2.75) is 11.5 Å². The number of hydrogen-bond acceptors (Lipinski definition) is 4. The van der Waals surface area contributed by atoms with E-state index in [1.54, 1.807) is 36.4 Å². The van der Waals surface area contributed by atoms with E-state index in [2.05, 4.69) is 4.72 Å². The summed E-state index contributed by atoms with van der Waals surface area (Å²) in [5.41, 5.74) is 1.53. The Morgan fingerprint density at radius 2 is 1.42 bits per heavy atom. The molecule has 5 nitrogen and oxygen atoms in total. The first-order valence-electron chi connectivity index (χ1n) is 8.00. The minimum atomic E-state index is -3.65. The molecular weight excluding hydrogens is 350 g/mol. The lowest BCUT2D eigenvalue weighted by Gasteiger charge is -2.10. The standard InChI is InChI=1S/C20H19NO4S/c1-24-18-11-13-20(14-12-18)26(22,23)21-17-7-9-19(10-8-17)25-15-16-5-3-2-4-6-16/h2-14,21H,15H2,1H3. The number of sulfonamides is 1. The summed E-state index contributed by atoms with van der Waals surface area (Å²) in [6.45, 7) is 0.456. The van der Waals surface area contributed by atoms with Crippen molar-refractivity contribution in [2.75, 3.05) is 11.8 Å². The maximum absolute atomic E-state index is 12.4. The molecule has 0 atom stereocenters. The zero-order valence-corrected chi connectivity index (χ0v) is 15.1. The second-order valence-corrected chi connectivity index (χ2v) is 7.26. The number of hydrogen-bond donors (Lipinski definition) is 1. The SMILES string of the molecule is COc1ccc(S(=O)(=O)Nc2ccc(OCc3ccccc3)cc2)cc1. The van der Waals surface area contributed by atoms with Crippen molar-refractivity contribution in [1.29, 1.82) is 0 Å². The molecule has 3 aromatic carbocycles. The largest absolute Gasteiger partial charge is 0.497 e. The van der Waals surface area contributed by atoms with Crippen LogP contribution in [-0.4, -0.2) is 15.5 Å². The van der Waals surface area contributed by atoms with Crippen LogP contribution < -0.4 is 14.2 Å². The molecule has 0 bridgehead atoms. The van der Waals surface area contributed by atoms with Gasteiger partial charge in [0, 0.05) is 5.69 Å². The summed E-state index contributed by atoms with van der Waals surface area (Å²) >= 11 is 0. The maximum Gasteiger partial charge on any atom is 0.261 e. The Hall–Kier alpha value is -2.99. The molecule has 1 N–H and O–H groups in total. The van der Waals surface area contributed by atoms with Gasteiger partial charge in [-0.1, -0.05) is 30.3 Å². The van der Waals surface area contributed by atoms with Gasteiger partial charge in [0.05, 0.1) is 12.0 Å². The fraction of sp³-hybridized carbons (Fsp3) is 0.100. The lowest BCUT2D eigenvalue weighted by atomic mass is 10.2. The van der Waals surface area contributed by atoms with Crippen LogP contribution in [0.3, 0.4) is 0 Å². The lowest BCUT2D eigenvalue weighted by molar-refractivity contribution is 0.306. The summed E-state index contributed by atoms with van der Waals surface area (Å²) in [5.74, 6) is 1.27. The Morgan fingerprint density at radius 1 is 0.808 bits per heavy atom. The molecule has 0 saturated carbocycles. The molecule has 6 heteroatoms. The summed E-state index contributed by atoms with van der Waals surface area (Å²) in [5, 5.41) is 0. The van der Waals surface area contributed by atoms with Crippen molar-refractivity contribution >= 4 is 15.7 Å². The molecule has 0 aliphatic rings. The van der Waals surface area contributed by atoms with Gasteiger partial charge in [-0.2, -0.15) is 0 Å². The summed E-state index contributed by atoms with van der Waals surface area (Å²) in [6, 6.07) is 22.8. The number of benzene rings is 3. The molecule has 0 aliphatic heterocycles. The van der Waals surface area contributed by atoms with E-state index < -0.39 is 10.0 Å². The molecule has 3 aromatic rings. The van der Waals surface area contributed by atoms with E-state index in [0.717, 1.165) is 5.56 Å². The van der Waals surface area contributed by atoms with Gasteiger partial charge in [-0.25, -0.2) is 8.42 Å². The zero-order chi connectivity index (χ0) is 18.4. The highest BCUT2D eigenvalue weighted by Gasteiger charge is 2.14. The van der Waals surface area contributed by atoms with Gasteiger partial charge in [0.25, 0.3) is 10.0 Å². The molecule has 0 aliphatic carbocycles. The van der Waals surface area contributed by atoms with Crippen LogP contribution in [0.15, 0.2) is 83.8 Å². The third kappa shape index (κ3) is 4.55. The van der Waals surface area contributed by atoms with Crippen molar-refractivity contribution in [2.24, 2.45) is 0 Å². The molecule has 0 spiro atoms. The lowest BCUT2D eigenvalue weighted by Crippen LogP contribution is -2.12. The van der Waals surface area contributed by atoms with Crippen LogP contribution in [0.25, 0.3) is 0 Å². The Labute approximate surface area is 153 Å². The molecule has 0 amide bonds. The van der Waals surface area contributed by atoms with Gasteiger partial charge < -0.3 is 9.47 Å². The fourth-order valence-electron chi connectivity index (χ4n) is 2.33. The molecule has 0 radical (unpaired) electrons. The number of anilines is 1. The Bertz CT molecular complexity index is 937. The average molecular weight is 369 g/mol. The first kappa shape index (κ1) is 17.8. The van der Waals surface area contributed by atoms with Crippen molar-refractivity contribution in [3.05, 3.63) is 84.4 Å².